The van der Waals surface area contributed by atoms with Crippen molar-refractivity contribution in [3.63, 3.8) is 0 Å². The van der Waals surface area contributed by atoms with Gasteiger partial charge in [0.05, 0.1) is 0 Å². The maximum absolute atomic E-state index is 13.1. The number of carbonyl (C=O) groups is 2. The second-order valence-electron chi connectivity index (χ2n) is 12.8. The Labute approximate surface area is 277 Å². The number of nitrogens with one attached hydrogen (secondary N) is 2. The number of carbonyl (C=O) groups excluding carboxylic acids is 2. The SMILES string of the molecule is CC(C)Cn1c(NC(=O)CC(C)CC2CC(n3c(NC(=O)CCc4ccccc4)nc4ccc(Cl)nc43)C2)nc2ccc(Cl)nc21. The van der Waals surface area contributed by atoms with E-state index < -0.39 is 0 Å². The predicted octanol–water partition coefficient (Wildman–Crippen LogP) is 7.72. The van der Waals surface area contributed by atoms with E-state index in [9.17, 15) is 9.59 Å². The summed E-state index contributed by atoms with van der Waals surface area (Å²) in [5, 5.41) is 6.83. The lowest BCUT2D eigenvalue weighted by atomic mass is 9.74. The molecule has 0 aliphatic heterocycles. The number of hydrogen-bond donors (Lipinski definition) is 2. The van der Waals surface area contributed by atoms with E-state index >= 15 is 0 Å². The van der Waals surface area contributed by atoms with Crippen LogP contribution in [0.3, 0.4) is 0 Å². The van der Waals surface area contributed by atoms with E-state index in [0.717, 1.165) is 24.8 Å². The van der Waals surface area contributed by atoms with Gasteiger partial charge in [-0.15, -0.1) is 0 Å². The first kappa shape index (κ1) is 31.9. The van der Waals surface area contributed by atoms with Gasteiger partial charge < -0.3 is 0 Å². The first-order chi connectivity index (χ1) is 22.1. The second kappa shape index (κ2) is 13.8. The quantitative estimate of drug-likeness (QED) is 0.132. The number of halogens is 2. The van der Waals surface area contributed by atoms with Crippen molar-refractivity contribution < 1.29 is 9.59 Å². The third kappa shape index (κ3) is 7.34. The number of benzene rings is 1. The molecule has 5 aromatic rings. The molecule has 0 radical (unpaired) electrons. The molecule has 1 saturated carbocycles. The zero-order valence-electron chi connectivity index (χ0n) is 26.2. The number of fused-ring (bicyclic) bond motifs is 2. The summed E-state index contributed by atoms with van der Waals surface area (Å²) in [6.45, 7) is 6.99. The van der Waals surface area contributed by atoms with E-state index in [4.69, 9.17) is 28.2 Å². The van der Waals surface area contributed by atoms with E-state index in [2.05, 4.69) is 46.4 Å². The smallest absolute Gasteiger partial charge is 0.227 e. The highest BCUT2D eigenvalue weighted by molar-refractivity contribution is 6.30. The fraction of sp³-hybridized carbons (Fsp3) is 0.412. The maximum Gasteiger partial charge on any atom is 0.227 e. The fourth-order valence-corrected chi connectivity index (χ4v) is 6.62. The summed E-state index contributed by atoms with van der Waals surface area (Å²) in [4.78, 5) is 44.4. The number of pyridine rings is 2. The van der Waals surface area contributed by atoms with Gasteiger partial charge >= 0.3 is 0 Å². The minimum atomic E-state index is -0.0946. The van der Waals surface area contributed by atoms with Gasteiger partial charge in [0.2, 0.25) is 23.7 Å². The molecule has 12 heteroatoms. The molecule has 1 atom stereocenters. The molecule has 0 saturated heterocycles. The molecular weight excluding hydrogens is 623 g/mol. The van der Waals surface area contributed by atoms with E-state index in [-0.39, 0.29) is 23.8 Å². The predicted molar refractivity (Wildman–Crippen MR) is 182 cm³/mol. The number of imidazole rings is 2. The summed E-state index contributed by atoms with van der Waals surface area (Å²) in [7, 11) is 0. The van der Waals surface area contributed by atoms with E-state index in [0.29, 0.717) is 82.2 Å². The van der Waals surface area contributed by atoms with E-state index in [1.807, 2.05) is 51.6 Å². The Morgan fingerprint density at radius 2 is 1.46 bits per heavy atom. The molecule has 6 rings (SSSR count). The Hall–Kier alpha value is -4.02. The minimum Gasteiger partial charge on any atom is -0.296 e. The number of amides is 2. The summed E-state index contributed by atoms with van der Waals surface area (Å²) in [6.07, 6.45) is 4.09. The molecule has 0 spiro atoms. The zero-order valence-corrected chi connectivity index (χ0v) is 27.7. The Kier molecular flexibility index (Phi) is 9.56. The van der Waals surface area contributed by atoms with Crippen molar-refractivity contribution in [2.24, 2.45) is 17.8 Å². The van der Waals surface area contributed by atoms with Crippen molar-refractivity contribution in [1.82, 2.24) is 29.1 Å². The van der Waals surface area contributed by atoms with Crippen LogP contribution in [-0.2, 0) is 22.6 Å². The molecule has 1 aliphatic rings. The van der Waals surface area contributed by atoms with Crippen molar-refractivity contribution in [2.45, 2.75) is 71.9 Å². The highest BCUT2D eigenvalue weighted by Crippen LogP contribution is 2.44. The largest absolute Gasteiger partial charge is 0.296 e. The van der Waals surface area contributed by atoms with Crippen LogP contribution in [0.25, 0.3) is 22.3 Å². The van der Waals surface area contributed by atoms with Gasteiger partial charge in [-0.3, -0.25) is 29.4 Å². The summed E-state index contributed by atoms with van der Waals surface area (Å²) in [5.74, 6) is 1.77. The molecule has 1 aliphatic carbocycles. The maximum atomic E-state index is 13.1. The van der Waals surface area contributed by atoms with Crippen LogP contribution < -0.4 is 10.6 Å². The van der Waals surface area contributed by atoms with Crippen molar-refractivity contribution in [1.29, 1.82) is 0 Å². The number of nitrogens with zero attached hydrogens (tertiary/aromatic N) is 6. The Balaban J connectivity index is 1.07. The van der Waals surface area contributed by atoms with E-state index in [1.165, 1.54) is 0 Å². The Bertz CT molecular complexity index is 1860. The van der Waals surface area contributed by atoms with Gasteiger partial charge in [-0.05, 0) is 73.3 Å². The molecule has 46 heavy (non-hydrogen) atoms. The molecule has 1 fully saturated rings. The average molecular weight is 662 g/mol. The Morgan fingerprint density at radius 1 is 0.826 bits per heavy atom. The third-order valence-electron chi connectivity index (χ3n) is 8.44. The molecule has 10 nitrogen and oxygen atoms in total. The van der Waals surface area contributed by atoms with Gasteiger partial charge in [-0.1, -0.05) is 74.3 Å². The lowest BCUT2D eigenvalue weighted by Crippen LogP contribution is -2.30. The topological polar surface area (TPSA) is 120 Å². The molecule has 4 heterocycles. The standard InChI is InChI=1S/C34H38Cl2N8O2/c1-20(2)19-43-31-25(10-12-27(35)39-31)37-33(43)42-30(46)16-21(3)15-23-17-24(18-23)44-32-26(11-13-28(36)40-32)38-34(44)41-29(45)14-9-22-7-5-4-6-8-22/h4-8,10-13,20-21,23-24H,9,14-19H2,1-3H3,(H,37,42,46)(H,38,41,45). The van der Waals surface area contributed by atoms with Crippen LogP contribution in [0.5, 0.6) is 0 Å². The zero-order chi connectivity index (χ0) is 32.4. The molecule has 4 aromatic heterocycles. The van der Waals surface area contributed by atoms with Crippen molar-refractivity contribution in [3.05, 3.63) is 70.5 Å². The van der Waals surface area contributed by atoms with Crippen LogP contribution in [0.1, 0.15) is 64.5 Å². The first-order valence-corrected chi connectivity index (χ1v) is 16.6. The summed E-state index contributed by atoms with van der Waals surface area (Å²) in [5.41, 5.74) is 3.84. The molecule has 1 aromatic carbocycles. The Morgan fingerprint density at radius 3 is 2.15 bits per heavy atom. The highest BCUT2D eigenvalue weighted by Gasteiger charge is 2.35. The summed E-state index contributed by atoms with van der Waals surface area (Å²) >= 11 is 12.4. The van der Waals surface area contributed by atoms with Gasteiger partial charge in [-0.2, -0.15) is 0 Å². The highest BCUT2D eigenvalue weighted by atomic mass is 35.5. The van der Waals surface area contributed by atoms with Crippen LogP contribution in [0.2, 0.25) is 10.3 Å². The van der Waals surface area contributed by atoms with Crippen molar-refractivity contribution >= 4 is 69.2 Å². The molecule has 0 bridgehead atoms. The molecular formula is C34H38Cl2N8O2. The van der Waals surface area contributed by atoms with Crippen molar-refractivity contribution in [3.8, 4) is 0 Å². The monoisotopic (exact) mass is 660 g/mol. The van der Waals surface area contributed by atoms with Crippen LogP contribution in [0.4, 0.5) is 11.9 Å². The van der Waals surface area contributed by atoms with Gasteiger partial charge in [-0.25, -0.2) is 19.9 Å². The molecule has 2 amide bonds. The van der Waals surface area contributed by atoms with Crippen LogP contribution >= 0.6 is 23.2 Å². The lowest BCUT2D eigenvalue weighted by Gasteiger charge is -2.38. The summed E-state index contributed by atoms with van der Waals surface area (Å²) < 4.78 is 3.95. The average Bonchev–Trinajstić information content (AvgIpc) is 3.50. The van der Waals surface area contributed by atoms with E-state index in [1.54, 1.807) is 12.1 Å². The minimum absolute atomic E-state index is 0.0743. The van der Waals surface area contributed by atoms with Crippen LogP contribution in [-0.4, -0.2) is 40.9 Å². The normalized spacial score (nSPS) is 16.9. The van der Waals surface area contributed by atoms with Gasteiger partial charge in [0, 0.05) is 25.4 Å². The molecule has 240 valence electrons. The van der Waals surface area contributed by atoms with Gasteiger partial charge in [0.25, 0.3) is 0 Å². The third-order valence-corrected chi connectivity index (χ3v) is 8.86. The fourth-order valence-electron chi connectivity index (χ4n) is 6.34. The summed E-state index contributed by atoms with van der Waals surface area (Å²) in [6, 6.07) is 17.1. The number of hydrogen-bond acceptors (Lipinski definition) is 6. The van der Waals surface area contributed by atoms with Gasteiger partial charge in [0.15, 0.2) is 11.3 Å². The molecule has 1 unspecified atom stereocenters. The van der Waals surface area contributed by atoms with Crippen LogP contribution in [0.15, 0.2) is 54.6 Å². The number of rotatable bonds is 12. The van der Waals surface area contributed by atoms with Crippen LogP contribution in [0, 0.1) is 17.8 Å². The number of aryl methyl sites for hydroxylation is 1. The number of anilines is 2. The van der Waals surface area contributed by atoms with Gasteiger partial charge in [0.1, 0.15) is 21.3 Å². The molecule has 2 N–H and O–H groups in total. The lowest BCUT2D eigenvalue weighted by molar-refractivity contribution is -0.117. The van der Waals surface area contributed by atoms with Crippen molar-refractivity contribution in [2.75, 3.05) is 10.6 Å². The number of aromatic nitrogens is 6. The first-order valence-electron chi connectivity index (χ1n) is 15.8. The second-order valence-corrected chi connectivity index (χ2v) is 13.6.